The molecule has 0 atom stereocenters. The predicted molar refractivity (Wildman–Crippen MR) is 108 cm³/mol. The second kappa shape index (κ2) is 8.29. The number of piperazine rings is 1. The Labute approximate surface area is 159 Å². The summed E-state index contributed by atoms with van der Waals surface area (Å²) in [5.74, 6) is 0.948. The zero-order valence-electron chi connectivity index (χ0n) is 15.4. The van der Waals surface area contributed by atoms with Gasteiger partial charge in [-0.25, -0.2) is 0 Å². The Hall–Kier alpha value is -2.76. The van der Waals surface area contributed by atoms with Gasteiger partial charge in [-0.2, -0.15) is 0 Å². The lowest BCUT2D eigenvalue weighted by Crippen LogP contribution is -3.15. The van der Waals surface area contributed by atoms with Gasteiger partial charge in [-0.1, -0.05) is 60.7 Å². The molecule has 0 aliphatic carbocycles. The Morgan fingerprint density at radius 2 is 1.48 bits per heavy atom. The maximum Gasteiger partial charge on any atom is 0.159 e. The van der Waals surface area contributed by atoms with Crippen molar-refractivity contribution in [2.24, 2.45) is 0 Å². The van der Waals surface area contributed by atoms with Crippen molar-refractivity contribution in [1.82, 2.24) is 10.2 Å². The third-order valence-corrected chi connectivity index (χ3v) is 5.16. The zero-order valence-corrected chi connectivity index (χ0v) is 15.4. The third kappa shape index (κ3) is 3.99. The van der Waals surface area contributed by atoms with Gasteiger partial charge in [-0.15, -0.1) is 10.2 Å². The maximum atomic E-state index is 9.18. The standard InChI is InChI=1S/C22H24N4O/c27-16-15-25-11-13-26(14-12-25)22-20(18-7-3-1-4-8-18)17-21(23-24-22)19-9-5-2-6-10-19/h1-10,17,27H,11-16H2/p+1. The number of aliphatic hydroxyl groups excluding tert-OH is 1. The fraction of sp³-hybridized carbons (Fsp3) is 0.273. The first kappa shape index (κ1) is 17.6. The number of nitrogens with zero attached hydrogens (tertiary/aromatic N) is 3. The molecule has 138 valence electrons. The highest BCUT2D eigenvalue weighted by atomic mass is 16.3. The SMILES string of the molecule is OCC[NH+]1CCN(c2nnc(-c3ccccc3)cc2-c2ccccc2)CC1. The van der Waals surface area contributed by atoms with Gasteiger partial charge in [-0.05, 0) is 11.6 Å². The molecule has 4 rings (SSSR count). The van der Waals surface area contributed by atoms with Gasteiger partial charge in [0.2, 0.25) is 0 Å². The van der Waals surface area contributed by atoms with Gasteiger partial charge in [0.1, 0.15) is 6.54 Å². The van der Waals surface area contributed by atoms with E-state index in [0.717, 1.165) is 60.9 Å². The first-order valence-corrected chi connectivity index (χ1v) is 9.53. The molecule has 0 saturated carbocycles. The molecule has 5 nitrogen and oxygen atoms in total. The van der Waals surface area contributed by atoms with Crippen LogP contribution in [0.1, 0.15) is 0 Å². The summed E-state index contributed by atoms with van der Waals surface area (Å²) in [5, 5.41) is 18.3. The summed E-state index contributed by atoms with van der Waals surface area (Å²) in [6.45, 7) is 4.94. The summed E-state index contributed by atoms with van der Waals surface area (Å²) >= 11 is 0. The molecule has 2 aromatic carbocycles. The van der Waals surface area contributed by atoms with E-state index in [9.17, 15) is 5.11 Å². The molecule has 1 fully saturated rings. The van der Waals surface area contributed by atoms with E-state index in [-0.39, 0.29) is 6.61 Å². The van der Waals surface area contributed by atoms with E-state index in [4.69, 9.17) is 0 Å². The van der Waals surface area contributed by atoms with Gasteiger partial charge in [-0.3, -0.25) is 0 Å². The van der Waals surface area contributed by atoms with Gasteiger partial charge in [0.05, 0.1) is 38.5 Å². The van der Waals surface area contributed by atoms with E-state index in [1.165, 1.54) is 4.90 Å². The van der Waals surface area contributed by atoms with Gasteiger partial charge in [0, 0.05) is 11.1 Å². The molecular formula is C22H25N4O+. The molecule has 1 saturated heterocycles. The topological polar surface area (TPSA) is 53.7 Å². The van der Waals surface area contributed by atoms with E-state index in [0.29, 0.717) is 0 Å². The van der Waals surface area contributed by atoms with Crippen molar-refractivity contribution in [1.29, 1.82) is 0 Å². The number of hydrogen-bond acceptors (Lipinski definition) is 4. The fourth-order valence-electron chi connectivity index (χ4n) is 3.64. The Kier molecular flexibility index (Phi) is 5.42. The minimum Gasteiger partial charge on any atom is -0.391 e. The number of nitrogens with one attached hydrogen (secondary N) is 1. The second-order valence-corrected chi connectivity index (χ2v) is 6.91. The number of aliphatic hydroxyl groups is 1. The Morgan fingerprint density at radius 3 is 2.11 bits per heavy atom. The van der Waals surface area contributed by atoms with Crippen LogP contribution >= 0.6 is 0 Å². The molecule has 1 aromatic heterocycles. The van der Waals surface area contributed by atoms with Crippen molar-refractivity contribution in [2.75, 3.05) is 44.2 Å². The van der Waals surface area contributed by atoms with E-state index in [2.05, 4.69) is 57.6 Å². The van der Waals surface area contributed by atoms with Crippen LogP contribution in [-0.4, -0.2) is 54.6 Å². The molecule has 1 aliphatic heterocycles. The number of aromatic nitrogens is 2. The zero-order chi connectivity index (χ0) is 18.5. The van der Waals surface area contributed by atoms with Crippen molar-refractivity contribution in [3.8, 4) is 22.4 Å². The molecule has 0 spiro atoms. The minimum absolute atomic E-state index is 0.246. The van der Waals surface area contributed by atoms with Crippen LogP contribution in [0.4, 0.5) is 5.82 Å². The van der Waals surface area contributed by atoms with Crippen molar-refractivity contribution < 1.29 is 10.0 Å². The minimum atomic E-state index is 0.246. The van der Waals surface area contributed by atoms with Crippen LogP contribution in [0.5, 0.6) is 0 Å². The quantitative estimate of drug-likeness (QED) is 0.723. The Bertz CT molecular complexity index is 862. The summed E-state index contributed by atoms with van der Waals surface area (Å²) in [4.78, 5) is 3.77. The number of anilines is 1. The summed E-state index contributed by atoms with van der Waals surface area (Å²) in [6, 6.07) is 22.8. The van der Waals surface area contributed by atoms with Crippen LogP contribution in [0.25, 0.3) is 22.4 Å². The lowest BCUT2D eigenvalue weighted by molar-refractivity contribution is -0.900. The van der Waals surface area contributed by atoms with Gasteiger partial charge in [0.25, 0.3) is 0 Å². The monoisotopic (exact) mass is 361 g/mol. The first-order valence-electron chi connectivity index (χ1n) is 9.53. The number of hydrogen-bond donors (Lipinski definition) is 2. The predicted octanol–water partition coefficient (Wildman–Crippen LogP) is 1.51. The highest BCUT2D eigenvalue weighted by Gasteiger charge is 2.23. The van der Waals surface area contributed by atoms with Crippen LogP contribution in [-0.2, 0) is 0 Å². The van der Waals surface area contributed by atoms with E-state index < -0.39 is 0 Å². The molecule has 2 N–H and O–H groups in total. The molecule has 27 heavy (non-hydrogen) atoms. The summed E-state index contributed by atoms with van der Waals surface area (Å²) in [5.41, 5.74) is 4.24. The lowest BCUT2D eigenvalue weighted by Gasteiger charge is -2.33. The summed E-state index contributed by atoms with van der Waals surface area (Å²) in [6.07, 6.45) is 0. The average molecular weight is 361 g/mol. The summed E-state index contributed by atoms with van der Waals surface area (Å²) in [7, 11) is 0. The van der Waals surface area contributed by atoms with Gasteiger partial charge in [0.15, 0.2) is 5.82 Å². The molecule has 0 amide bonds. The summed E-state index contributed by atoms with van der Waals surface area (Å²) < 4.78 is 0. The molecule has 3 aromatic rings. The number of quaternary nitrogens is 1. The van der Waals surface area contributed by atoms with Crippen LogP contribution in [0, 0.1) is 0 Å². The first-order chi connectivity index (χ1) is 13.3. The largest absolute Gasteiger partial charge is 0.391 e. The Balaban J connectivity index is 1.69. The van der Waals surface area contributed by atoms with Crippen molar-refractivity contribution in [3.63, 3.8) is 0 Å². The van der Waals surface area contributed by atoms with Gasteiger partial charge < -0.3 is 14.9 Å². The smallest absolute Gasteiger partial charge is 0.159 e. The molecular weight excluding hydrogens is 336 g/mol. The molecule has 0 unspecified atom stereocenters. The van der Waals surface area contributed by atoms with Crippen LogP contribution in [0.2, 0.25) is 0 Å². The number of benzene rings is 2. The average Bonchev–Trinajstić information content (AvgIpc) is 2.75. The Morgan fingerprint density at radius 1 is 0.852 bits per heavy atom. The van der Waals surface area contributed by atoms with Crippen molar-refractivity contribution in [2.45, 2.75) is 0 Å². The number of rotatable bonds is 5. The van der Waals surface area contributed by atoms with Crippen molar-refractivity contribution in [3.05, 3.63) is 66.7 Å². The van der Waals surface area contributed by atoms with Crippen molar-refractivity contribution >= 4 is 5.82 Å². The molecule has 0 bridgehead atoms. The van der Waals surface area contributed by atoms with Gasteiger partial charge >= 0.3 is 0 Å². The van der Waals surface area contributed by atoms with Crippen LogP contribution < -0.4 is 9.80 Å². The maximum absolute atomic E-state index is 9.18. The normalized spacial score (nSPS) is 15.1. The van der Waals surface area contributed by atoms with Crippen LogP contribution in [0.3, 0.4) is 0 Å². The second-order valence-electron chi connectivity index (χ2n) is 6.91. The molecule has 1 aliphatic rings. The third-order valence-electron chi connectivity index (χ3n) is 5.16. The van der Waals surface area contributed by atoms with E-state index >= 15 is 0 Å². The lowest BCUT2D eigenvalue weighted by atomic mass is 10.0. The van der Waals surface area contributed by atoms with E-state index in [1.807, 2.05) is 24.3 Å². The molecule has 0 radical (unpaired) electrons. The van der Waals surface area contributed by atoms with E-state index in [1.54, 1.807) is 0 Å². The van der Waals surface area contributed by atoms with Crippen LogP contribution in [0.15, 0.2) is 66.7 Å². The fourth-order valence-corrected chi connectivity index (χ4v) is 3.64. The highest BCUT2D eigenvalue weighted by Crippen LogP contribution is 2.31. The molecule has 2 heterocycles. The molecule has 5 heteroatoms. The highest BCUT2D eigenvalue weighted by molar-refractivity contribution is 5.79.